The van der Waals surface area contributed by atoms with E-state index >= 15 is 0 Å². The number of hydrogen-bond donors (Lipinski definition) is 0. The summed E-state index contributed by atoms with van der Waals surface area (Å²) >= 11 is 0. The van der Waals surface area contributed by atoms with Crippen LogP contribution in [0, 0.1) is 13.8 Å². The minimum absolute atomic E-state index is 0.221. The monoisotopic (exact) mass is 334 g/mol. The van der Waals surface area contributed by atoms with Crippen LogP contribution in [0.4, 0.5) is 0 Å². The summed E-state index contributed by atoms with van der Waals surface area (Å²) in [6.45, 7) is 4.64. The number of aromatic nitrogens is 3. The van der Waals surface area contributed by atoms with E-state index in [0.29, 0.717) is 29.4 Å². The van der Waals surface area contributed by atoms with Gasteiger partial charge in [0.05, 0.1) is 11.4 Å². The number of aryl methyl sites for hydroxylation is 2. The normalized spacial score (nSPS) is 19.9. The number of pyridine rings is 1. The standard InChI is InChI=1S/C16H22N4O2S/c1-12-16(13(2)19(3)18-12)23(21,22)20-10-4-5-15(11-20)14-6-8-17-9-7-14/h6-9,15H,4-5,10-11H2,1-3H3. The topological polar surface area (TPSA) is 68.1 Å². The fraction of sp³-hybridized carbons (Fsp3) is 0.500. The highest BCUT2D eigenvalue weighted by atomic mass is 32.2. The van der Waals surface area contributed by atoms with Crippen LogP contribution in [-0.2, 0) is 17.1 Å². The van der Waals surface area contributed by atoms with Crippen molar-refractivity contribution in [3.63, 3.8) is 0 Å². The lowest BCUT2D eigenvalue weighted by atomic mass is 9.92. The number of piperidine rings is 1. The Morgan fingerprint density at radius 2 is 1.91 bits per heavy atom. The Labute approximate surface area is 137 Å². The Hall–Kier alpha value is -1.73. The minimum atomic E-state index is -3.51. The van der Waals surface area contributed by atoms with Crippen LogP contribution >= 0.6 is 0 Å². The molecular weight excluding hydrogens is 312 g/mol. The molecule has 0 amide bonds. The first-order valence-electron chi connectivity index (χ1n) is 7.81. The molecule has 1 saturated heterocycles. The summed E-state index contributed by atoms with van der Waals surface area (Å²) in [5, 5.41) is 4.25. The fourth-order valence-corrected chi connectivity index (χ4v) is 5.25. The lowest BCUT2D eigenvalue weighted by molar-refractivity contribution is 0.315. The van der Waals surface area contributed by atoms with Gasteiger partial charge in [0.2, 0.25) is 10.0 Å². The highest BCUT2D eigenvalue weighted by Gasteiger charge is 2.34. The maximum atomic E-state index is 13.1. The maximum Gasteiger partial charge on any atom is 0.246 e. The van der Waals surface area contributed by atoms with E-state index in [-0.39, 0.29) is 5.92 Å². The van der Waals surface area contributed by atoms with Crippen LogP contribution in [0.2, 0.25) is 0 Å². The minimum Gasteiger partial charge on any atom is -0.271 e. The SMILES string of the molecule is Cc1nn(C)c(C)c1S(=O)(=O)N1CCCC(c2ccncc2)C1. The molecule has 23 heavy (non-hydrogen) atoms. The second-order valence-corrected chi connectivity index (χ2v) is 7.98. The van der Waals surface area contributed by atoms with Crippen LogP contribution in [0.25, 0.3) is 0 Å². The Morgan fingerprint density at radius 3 is 2.52 bits per heavy atom. The van der Waals surface area contributed by atoms with Crippen LogP contribution in [0.15, 0.2) is 29.4 Å². The van der Waals surface area contributed by atoms with Crippen LogP contribution in [0.1, 0.15) is 35.7 Å². The van der Waals surface area contributed by atoms with Crippen LogP contribution in [0.5, 0.6) is 0 Å². The van der Waals surface area contributed by atoms with E-state index in [1.165, 1.54) is 0 Å². The Kier molecular flexibility index (Phi) is 4.25. The third kappa shape index (κ3) is 2.90. The van der Waals surface area contributed by atoms with Crippen molar-refractivity contribution in [2.45, 2.75) is 37.5 Å². The zero-order valence-corrected chi connectivity index (χ0v) is 14.5. The van der Waals surface area contributed by atoms with Crippen molar-refractivity contribution in [2.24, 2.45) is 7.05 Å². The average molecular weight is 334 g/mol. The third-order valence-electron chi connectivity index (χ3n) is 4.60. The highest BCUT2D eigenvalue weighted by Crippen LogP contribution is 2.31. The average Bonchev–Trinajstić information content (AvgIpc) is 2.81. The van der Waals surface area contributed by atoms with Crippen LogP contribution in [0.3, 0.4) is 0 Å². The smallest absolute Gasteiger partial charge is 0.246 e. The summed E-state index contributed by atoms with van der Waals surface area (Å²) < 4.78 is 29.4. The van der Waals surface area contributed by atoms with Gasteiger partial charge < -0.3 is 0 Å². The zero-order valence-electron chi connectivity index (χ0n) is 13.7. The lowest BCUT2D eigenvalue weighted by Gasteiger charge is -2.32. The molecule has 0 N–H and O–H groups in total. The molecule has 0 radical (unpaired) electrons. The van der Waals surface area contributed by atoms with Crippen molar-refractivity contribution in [1.29, 1.82) is 0 Å². The molecule has 3 heterocycles. The molecule has 1 aliphatic rings. The van der Waals surface area contributed by atoms with Crippen LogP contribution in [-0.4, -0.2) is 40.6 Å². The van der Waals surface area contributed by atoms with Gasteiger partial charge in [-0.15, -0.1) is 0 Å². The predicted molar refractivity (Wildman–Crippen MR) is 87.7 cm³/mol. The van der Waals surface area contributed by atoms with Crippen molar-refractivity contribution < 1.29 is 8.42 Å². The van der Waals surface area contributed by atoms with Gasteiger partial charge in [0.15, 0.2) is 0 Å². The van der Waals surface area contributed by atoms with Crippen molar-refractivity contribution in [3.05, 3.63) is 41.5 Å². The van der Waals surface area contributed by atoms with Crippen molar-refractivity contribution >= 4 is 10.0 Å². The summed E-state index contributed by atoms with van der Waals surface area (Å²) in [7, 11) is -1.73. The summed E-state index contributed by atoms with van der Waals surface area (Å²) in [4.78, 5) is 4.40. The quantitative estimate of drug-likeness (QED) is 0.861. The molecule has 124 valence electrons. The fourth-order valence-electron chi connectivity index (χ4n) is 3.33. The molecule has 7 heteroatoms. The molecular formula is C16H22N4O2S. The number of hydrogen-bond acceptors (Lipinski definition) is 4. The van der Waals surface area contributed by atoms with E-state index in [1.54, 1.807) is 42.3 Å². The third-order valence-corrected chi connectivity index (χ3v) is 6.72. The van der Waals surface area contributed by atoms with Crippen molar-refractivity contribution in [1.82, 2.24) is 19.1 Å². The van der Waals surface area contributed by atoms with Gasteiger partial charge in [-0.2, -0.15) is 9.40 Å². The molecule has 1 unspecified atom stereocenters. The molecule has 1 atom stereocenters. The number of nitrogens with zero attached hydrogens (tertiary/aromatic N) is 4. The summed E-state index contributed by atoms with van der Waals surface area (Å²) in [6.07, 6.45) is 5.39. The van der Waals surface area contributed by atoms with Gasteiger partial charge in [-0.1, -0.05) is 0 Å². The van der Waals surface area contributed by atoms with Crippen molar-refractivity contribution in [2.75, 3.05) is 13.1 Å². The molecule has 1 aliphatic heterocycles. The van der Waals surface area contributed by atoms with E-state index in [0.717, 1.165) is 18.4 Å². The predicted octanol–water partition coefficient (Wildman–Crippen LogP) is 2.00. The first-order valence-corrected chi connectivity index (χ1v) is 9.25. The van der Waals surface area contributed by atoms with Gasteiger partial charge in [0, 0.05) is 32.5 Å². The van der Waals surface area contributed by atoms with Gasteiger partial charge in [-0.25, -0.2) is 8.42 Å². The molecule has 2 aromatic rings. The summed E-state index contributed by atoms with van der Waals surface area (Å²) in [5.41, 5.74) is 2.41. The molecule has 6 nitrogen and oxygen atoms in total. The van der Waals surface area contributed by atoms with Gasteiger partial charge in [0.25, 0.3) is 0 Å². The zero-order chi connectivity index (χ0) is 16.6. The Balaban J connectivity index is 1.91. The first kappa shape index (κ1) is 16.1. The lowest BCUT2D eigenvalue weighted by Crippen LogP contribution is -2.39. The van der Waals surface area contributed by atoms with E-state index in [9.17, 15) is 8.42 Å². The van der Waals surface area contributed by atoms with Gasteiger partial charge in [0.1, 0.15) is 4.90 Å². The molecule has 0 spiro atoms. The largest absolute Gasteiger partial charge is 0.271 e. The molecule has 0 bridgehead atoms. The number of rotatable bonds is 3. The molecule has 1 fully saturated rings. The van der Waals surface area contributed by atoms with Gasteiger partial charge >= 0.3 is 0 Å². The highest BCUT2D eigenvalue weighted by molar-refractivity contribution is 7.89. The first-order chi connectivity index (χ1) is 10.9. The molecule has 0 aromatic carbocycles. The summed E-state index contributed by atoms with van der Waals surface area (Å²) in [5.74, 6) is 0.221. The Bertz CT molecular complexity index is 799. The van der Waals surface area contributed by atoms with E-state index in [4.69, 9.17) is 0 Å². The molecule has 3 rings (SSSR count). The van der Waals surface area contributed by atoms with Crippen molar-refractivity contribution in [3.8, 4) is 0 Å². The van der Waals surface area contributed by atoms with Crippen LogP contribution < -0.4 is 0 Å². The number of sulfonamides is 1. The second kappa shape index (κ2) is 6.05. The van der Waals surface area contributed by atoms with E-state index in [2.05, 4.69) is 10.1 Å². The molecule has 2 aromatic heterocycles. The van der Waals surface area contributed by atoms with Gasteiger partial charge in [-0.3, -0.25) is 9.67 Å². The molecule has 0 saturated carbocycles. The second-order valence-electron chi connectivity index (χ2n) is 6.11. The maximum absolute atomic E-state index is 13.1. The Morgan fingerprint density at radius 1 is 1.22 bits per heavy atom. The van der Waals surface area contributed by atoms with Gasteiger partial charge in [-0.05, 0) is 50.3 Å². The van der Waals surface area contributed by atoms with E-state index in [1.807, 2.05) is 12.1 Å². The van der Waals surface area contributed by atoms with E-state index < -0.39 is 10.0 Å². The molecule has 0 aliphatic carbocycles. The summed E-state index contributed by atoms with van der Waals surface area (Å²) in [6, 6.07) is 3.95.